The lowest BCUT2D eigenvalue weighted by molar-refractivity contribution is -0.137. The second kappa shape index (κ2) is 11.0. The topological polar surface area (TPSA) is 88.5 Å². The van der Waals surface area contributed by atoms with Crippen LogP contribution in [0, 0.1) is 5.92 Å². The van der Waals surface area contributed by atoms with Crippen LogP contribution in [0.25, 0.3) is 10.8 Å². The standard InChI is InChI=1S/C33H22F3N3O4S2/c34-33(35,36)21-14-6-7-16-23(21)39-29(41)26-25(19-10-2-1-3-11-19)28-31(44-27(26)30(39)42)38(32(43)45-28)17-24(40)37-22-15-8-12-18-9-4-5-13-20(18)22/h1-16,25-27H,17H2,(H,37,40). The average Bonchev–Trinajstić information content (AvgIpc) is 3.47. The van der Waals surface area contributed by atoms with Gasteiger partial charge in [0.05, 0.1) is 22.2 Å². The number of carbonyl (C=O) groups excluding carboxylic acids is 3. The van der Waals surface area contributed by atoms with E-state index in [0.29, 0.717) is 26.1 Å². The van der Waals surface area contributed by atoms with E-state index in [0.717, 1.165) is 46.0 Å². The first-order valence-electron chi connectivity index (χ1n) is 13.9. The molecule has 2 aliphatic heterocycles. The minimum absolute atomic E-state index is 0.347. The van der Waals surface area contributed by atoms with Crippen molar-refractivity contribution in [2.45, 2.75) is 28.9 Å². The number of halogens is 3. The Bertz CT molecular complexity index is 2050. The van der Waals surface area contributed by atoms with Crippen LogP contribution in [0.2, 0.25) is 0 Å². The van der Waals surface area contributed by atoms with Gasteiger partial charge in [-0.2, -0.15) is 13.2 Å². The number of nitrogens with zero attached hydrogens (tertiary/aromatic N) is 2. The van der Waals surface area contributed by atoms with Crippen molar-refractivity contribution in [2.24, 2.45) is 5.92 Å². The number of thioether (sulfide) groups is 1. The Morgan fingerprint density at radius 1 is 0.822 bits per heavy atom. The van der Waals surface area contributed by atoms with Crippen LogP contribution in [0.15, 0.2) is 107 Å². The van der Waals surface area contributed by atoms with E-state index in [-0.39, 0.29) is 6.54 Å². The highest BCUT2D eigenvalue weighted by Crippen LogP contribution is 2.54. The maximum Gasteiger partial charge on any atom is 0.418 e. The number of carbonyl (C=O) groups is 3. The quantitative estimate of drug-likeness (QED) is 0.220. The largest absolute Gasteiger partial charge is 0.418 e. The Morgan fingerprint density at radius 3 is 2.29 bits per heavy atom. The third-order valence-corrected chi connectivity index (χ3v) is 10.6. The summed E-state index contributed by atoms with van der Waals surface area (Å²) in [5.41, 5.74) is -0.421. The van der Waals surface area contributed by atoms with E-state index >= 15 is 0 Å². The molecule has 0 radical (unpaired) electrons. The highest BCUT2D eigenvalue weighted by Gasteiger charge is 2.57. The molecule has 5 aromatic rings. The number of aromatic nitrogens is 1. The Balaban J connectivity index is 1.28. The average molecular weight is 646 g/mol. The van der Waals surface area contributed by atoms with E-state index < -0.39 is 57.1 Å². The lowest BCUT2D eigenvalue weighted by atomic mass is 9.83. The van der Waals surface area contributed by atoms with E-state index in [1.54, 1.807) is 36.4 Å². The summed E-state index contributed by atoms with van der Waals surface area (Å²) in [4.78, 5) is 55.2. The van der Waals surface area contributed by atoms with E-state index in [4.69, 9.17) is 0 Å². The first-order chi connectivity index (χ1) is 21.6. The lowest BCUT2D eigenvalue weighted by Crippen LogP contribution is -2.33. The molecule has 7 nitrogen and oxygen atoms in total. The molecule has 1 aromatic heterocycles. The van der Waals surface area contributed by atoms with Gasteiger partial charge in [-0.1, -0.05) is 102 Å². The molecule has 3 atom stereocenters. The zero-order valence-electron chi connectivity index (χ0n) is 23.2. The van der Waals surface area contributed by atoms with Crippen molar-refractivity contribution in [3.05, 3.63) is 123 Å². The Morgan fingerprint density at radius 2 is 1.51 bits per heavy atom. The zero-order valence-corrected chi connectivity index (χ0v) is 24.8. The number of benzene rings is 4. The summed E-state index contributed by atoms with van der Waals surface area (Å²) in [5, 5.41) is 3.85. The maximum atomic E-state index is 14.0. The molecule has 0 saturated carbocycles. The minimum atomic E-state index is -4.80. The molecule has 45 heavy (non-hydrogen) atoms. The highest BCUT2D eigenvalue weighted by atomic mass is 32.2. The molecular weight excluding hydrogens is 624 g/mol. The van der Waals surface area contributed by atoms with Crippen molar-refractivity contribution < 1.29 is 27.6 Å². The van der Waals surface area contributed by atoms with Crippen molar-refractivity contribution in [1.29, 1.82) is 0 Å². The number of thiazole rings is 1. The van der Waals surface area contributed by atoms with Crippen molar-refractivity contribution in [2.75, 3.05) is 10.2 Å². The van der Waals surface area contributed by atoms with Crippen LogP contribution in [-0.2, 0) is 27.1 Å². The SMILES string of the molecule is O=C(Cn1c2c(sc1=O)C(c1ccccc1)C1C(=O)N(c3ccccc3C(F)(F)F)C(=O)C1S2)Nc1cccc2ccccc12. The number of nitrogens with one attached hydrogen (secondary N) is 1. The molecule has 3 heterocycles. The molecule has 226 valence electrons. The van der Waals surface area contributed by atoms with E-state index in [2.05, 4.69) is 5.32 Å². The van der Waals surface area contributed by atoms with Gasteiger partial charge in [-0.25, -0.2) is 4.90 Å². The molecule has 2 aliphatic rings. The predicted octanol–water partition coefficient (Wildman–Crippen LogP) is 6.52. The zero-order chi connectivity index (χ0) is 31.5. The van der Waals surface area contributed by atoms with Crippen molar-refractivity contribution in [3.8, 4) is 0 Å². The van der Waals surface area contributed by atoms with Crippen LogP contribution >= 0.6 is 23.1 Å². The van der Waals surface area contributed by atoms with Gasteiger partial charge in [0.15, 0.2) is 0 Å². The van der Waals surface area contributed by atoms with Crippen molar-refractivity contribution >= 4 is 63.0 Å². The third-order valence-electron chi connectivity index (χ3n) is 8.02. The molecule has 0 bridgehead atoms. The third kappa shape index (κ3) is 4.94. The fraction of sp³-hybridized carbons (Fsp3) is 0.152. The fourth-order valence-electron chi connectivity index (χ4n) is 6.09. The second-order valence-electron chi connectivity index (χ2n) is 10.7. The Labute approximate surface area is 262 Å². The van der Waals surface area contributed by atoms with Crippen LogP contribution < -0.4 is 15.1 Å². The van der Waals surface area contributed by atoms with E-state index in [1.165, 1.54) is 16.7 Å². The van der Waals surface area contributed by atoms with Gasteiger partial charge in [-0.3, -0.25) is 23.7 Å². The molecule has 3 unspecified atom stereocenters. The number of para-hydroxylation sites is 1. The van der Waals surface area contributed by atoms with Gasteiger partial charge >= 0.3 is 11.0 Å². The van der Waals surface area contributed by atoms with Gasteiger partial charge < -0.3 is 5.32 Å². The van der Waals surface area contributed by atoms with Gasteiger partial charge in [-0.05, 0) is 29.1 Å². The summed E-state index contributed by atoms with van der Waals surface area (Å²) in [6.45, 7) is -0.359. The number of imide groups is 1. The minimum Gasteiger partial charge on any atom is -0.324 e. The highest BCUT2D eigenvalue weighted by molar-refractivity contribution is 8.00. The predicted molar refractivity (Wildman–Crippen MR) is 167 cm³/mol. The summed E-state index contributed by atoms with van der Waals surface area (Å²) in [7, 11) is 0. The molecule has 3 amide bonds. The summed E-state index contributed by atoms with van der Waals surface area (Å²) in [6.07, 6.45) is -4.80. The van der Waals surface area contributed by atoms with Gasteiger partial charge in [0.1, 0.15) is 11.8 Å². The number of alkyl halides is 3. The molecular formula is C33H22F3N3O4S2. The van der Waals surface area contributed by atoms with E-state index in [9.17, 15) is 32.3 Å². The summed E-state index contributed by atoms with van der Waals surface area (Å²) >= 11 is 1.82. The molecule has 1 saturated heterocycles. The van der Waals surface area contributed by atoms with Gasteiger partial charge in [-0.15, -0.1) is 0 Å². The van der Waals surface area contributed by atoms with Crippen molar-refractivity contribution in [1.82, 2.24) is 4.57 Å². The van der Waals surface area contributed by atoms with E-state index in [1.807, 2.05) is 36.4 Å². The molecule has 1 N–H and O–H groups in total. The van der Waals surface area contributed by atoms with Crippen molar-refractivity contribution in [3.63, 3.8) is 0 Å². The maximum absolute atomic E-state index is 14.0. The number of hydrogen-bond donors (Lipinski definition) is 1. The molecule has 0 spiro atoms. The molecule has 0 aliphatic carbocycles. The Kier molecular flexibility index (Phi) is 7.13. The molecule has 7 rings (SSSR count). The normalized spacial score (nSPS) is 19.4. The van der Waals surface area contributed by atoms with Crippen LogP contribution in [0.4, 0.5) is 24.5 Å². The number of anilines is 2. The fourth-order valence-corrected chi connectivity index (χ4v) is 8.86. The molecule has 4 aromatic carbocycles. The number of hydrogen-bond acceptors (Lipinski definition) is 6. The number of amides is 3. The number of rotatable bonds is 5. The van der Waals surface area contributed by atoms with Gasteiger partial charge in [0.2, 0.25) is 17.7 Å². The van der Waals surface area contributed by atoms with Gasteiger partial charge in [0.25, 0.3) is 0 Å². The lowest BCUT2D eigenvalue weighted by Gasteiger charge is -2.30. The Hall–Kier alpha value is -4.68. The number of fused-ring (bicyclic) bond motifs is 3. The summed E-state index contributed by atoms with van der Waals surface area (Å²) < 4.78 is 43.2. The first kappa shape index (κ1) is 29.1. The summed E-state index contributed by atoms with van der Waals surface area (Å²) in [6, 6.07) is 26.3. The molecule has 1 fully saturated rings. The molecule has 12 heteroatoms. The smallest absolute Gasteiger partial charge is 0.324 e. The van der Waals surface area contributed by atoms with Crippen LogP contribution in [0.5, 0.6) is 0 Å². The van der Waals surface area contributed by atoms with Crippen LogP contribution in [0.3, 0.4) is 0 Å². The van der Waals surface area contributed by atoms with Crippen LogP contribution in [-0.4, -0.2) is 27.5 Å². The van der Waals surface area contributed by atoms with Crippen LogP contribution in [0.1, 0.15) is 21.9 Å². The first-order valence-corrected chi connectivity index (χ1v) is 15.6. The second-order valence-corrected chi connectivity index (χ2v) is 12.8. The monoisotopic (exact) mass is 645 g/mol. The van der Waals surface area contributed by atoms with Gasteiger partial charge in [0, 0.05) is 21.9 Å². The summed E-state index contributed by atoms with van der Waals surface area (Å²) in [5.74, 6) is -3.89.